The van der Waals surface area contributed by atoms with Crippen LogP contribution in [0.1, 0.15) is 18.1 Å². The lowest BCUT2D eigenvalue weighted by atomic mass is 10.1. The maximum atomic E-state index is 5.46. The van der Waals surface area contributed by atoms with Crippen LogP contribution in [0.5, 0.6) is 11.5 Å². The third-order valence-corrected chi connectivity index (χ3v) is 4.32. The number of aromatic amines is 1. The molecule has 0 aliphatic rings. The lowest BCUT2D eigenvalue weighted by Crippen LogP contribution is -2.36. The molecule has 29 heavy (non-hydrogen) atoms. The zero-order valence-electron chi connectivity index (χ0n) is 16.9. The highest BCUT2D eigenvalue weighted by Gasteiger charge is 2.07. The number of ether oxygens (including phenoxy) is 2. The molecule has 1 aromatic heterocycles. The number of benzene rings is 2. The molecular formula is C21H26N6O2. The molecule has 3 N–H and O–H groups in total. The molecule has 0 aliphatic carbocycles. The van der Waals surface area contributed by atoms with Gasteiger partial charge < -0.3 is 20.1 Å². The Morgan fingerprint density at radius 2 is 2.00 bits per heavy atom. The van der Waals surface area contributed by atoms with Crippen molar-refractivity contribution in [2.45, 2.75) is 20.0 Å². The Morgan fingerprint density at radius 3 is 2.72 bits per heavy atom. The van der Waals surface area contributed by atoms with Crippen molar-refractivity contribution in [3.63, 3.8) is 0 Å². The van der Waals surface area contributed by atoms with E-state index in [1.807, 2.05) is 43.3 Å². The number of nitrogens with one attached hydrogen (secondary N) is 3. The minimum absolute atomic E-state index is 0.539. The lowest BCUT2D eigenvalue weighted by molar-refractivity contribution is 0.390. The molecule has 0 atom stereocenters. The number of hydrogen-bond acceptors (Lipinski definition) is 5. The molecule has 0 spiro atoms. The van der Waals surface area contributed by atoms with Gasteiger partial charge >= 0.3 is 0 Å². The minimum Gasteiger partial charge on any atom is -0.497 e. The van der Waals surface area contributed by atoms with Gasteiger partial charge in [-0.2, -0.15) is 5.10 Å². The quantitative estimate of drug-likeness (QED) is 0.402. The van der Waals surface area contributed by atoms with Gasteiger partial charge in [0.1, 0.15) is 17.8 Å². The molecule has 8 nitrogen and oxygen atoms in total. The van der Waals surface area contributed by atoms with Crippen molar-refractivity contribution in [2.24, 2.45) is 4.99 Å². The molecule has 2 aromatic carbocycles. The van der Waals surface area contributed by atoms with Crippen LogP contribution in [0.3, 0.4) is 0 Å². The van der Waals surface area contributed by atoms with Crippen LogP contribution < -0.4 is 20.1 Å². The van der Waals surface area contributed by atoms with Crippen LogP contribution >= 0.6 is 0 Å². The molecule has 1 heterocycles. The molecule has 3 rings (SSSR count). The first kappa shape index (κ1) is 20.2. The Bertz CT molecular complexity index is 940. The normalized spacial score (nSPS) is 11.2. The van der Waals surface area contributed by atoms with Gasteiger partial charge in [0.15, 0.2) is 11.8 Å². The first-order valence-corrected chi connectivity index (χ1v) is 9.41. The van der Waals surface area contributed by atoms with Gasteiger partial charge in [0, 0.05) is 30.3 Å². The van der Waals surface area contributed by atoms with Crippen molar-refractivity contribution in [1.82, 2.24) is 25.8 Å². The van der Waals surface area contributed by atoms with E-state index in [0.717, 1.165) is 46.5 Å². The Kier molecular flexibility index (Phi) is 7.05. The molecule has 0 bridgehead atoms. The van der Waals surface area contributed by atoms with Gasteiger partial charge in [-0.05, 0) is 30.7 Å². The van der Waals surface area contributed by atoms with E-state index in [1.54, 1.807) is 14.2 Å². The second-order valence-electron chi connectivity index (χ2n) is 6.26. The molecule has 0 fully saturated rings. The van der Waals surface area contributed by atoms with Crippen molar-refractivity contribution >= 4 is 5.96 Å². The first-order valence-electron chi connectivity index (χ1n) is 9.41. The number of aliphatic imine (C=N–C) groups is 1. The minimum atomic E-state index is 0.539. The summed E-state index contributed by atoms with van der Waals surface area (Å²) < 4.78 is 10.7. The lowest BCUT2D eigenvalue weighted by Gasteiger charge is -2.14. The topological polar surface area (TPSA) is 96.5 Å². The predicted molar refractivity (Wildman–Crippen MR) is 113 cm³/mol. The van der Waals surface area contributed by atoms with Crippen LogP contribution in [0.25, 0.3) is 11.4 Å². The highest BCUT2D eigenvalue weighted by atomic mass is 16.5. The second kappa shape index (κ2) is 10.1. The monoisotopic (exact) mass is 394 g/mol. The van der Waals surface area contributed by atoms with Gasteiger partial charge in [0.2, 0.25) is 0 Å². The fraction of sp³-hybridized carbons (Fsp3) is 0.286. The number of aromatic nitrogens is 3. The van der Waals surface area contributed by atoms with Gasteiger partial charge in [0.25, 0.3) is 0 Å². The van der Waals surface area contributed by atoms with Gasteiger partial charge in [-0.25, -0.2) is 9.98 Å². The summed E-state index contributed by atoms with van der Waals surface area (Å²) in [6.45, 7) is 3.92. The van der Waals surface area contributed by atoms with Crippen molar-refractivity contribution < 1.29 is 9.47 Å². The fourth-order valence-corrected chi connectivity index (χ4v) is 2.85. The average molecular weight is 394 g/mol. The molecule has 0 aliphatic heterocycles. The number of hydrogen-bond donors (Lipinski definition) is 3. The molecule has 0 amide bonds. The summed E-state index contributed by atoms with van der Waals surface area (Å²) in [6, 6.07) is 13.8. The average Bonchev–Trinajstić information content (AvgIpc) is 3.31. The Labute approximate surface area is 170 Å². The van der Waals surface area contributed by atoms with Crippen molar-refractivity contribution in [1.29, 1.82) is 0 Å². The van der Waals surface area contributed by atoms with Gasteiger partial charge in [0.05, 0.1) is 20.8 Å². The maximum absolute atomic E-state index is 5.46. The number of nitrogens with zero attached hydrogens (tertiary/aromatic N) is 3. The van der Waals surface area contributed by atoms with E-state index in [0.29, 0.717) is 13.1 Å². The third kappa shape index (κ3) is 5.47. The van der Waals surface area contributed by atoms with E-state index in [1.165, 1.54) is 6.33 Å². The molecule has 152 valence electrons. The highest BCUT2D eigenvalue weighted by Crippen LogP contribution is 2.24. The summed E-state index contributed by atoms with van der Waals surface area (Å²) in [6.07, 6.45) is 1.50. The van der Waals surface area contributed by atoms with Crippen molar-refractivity contribution in [2.75, 3.05) is 20.8 Å². The summed E-state index contributed by atoms with van der Waals surface area (Å²) in [5, 5.41) is 13.4. The highest BCUT2D eigenvalue weighted by molar-refractivity contribution is 5.79. The van der Waals surface area contributed by atoms with Gasteiger partial charge in [-0.3, -0.25) is 5.10 Å². The Morgan fingerprint density at radius 1 is 1.10 bits per heavy atom. The zero-order valence-corrected chi connectivity index (χ0v) is 16.9. The van der Waals surface area contributed by atoms with Crippen LogP contribution in [-0.4, -0.2) is 41.9 Å². The molecule has 0 saturated heterocycles. The Balaban J connectivity index is 1.68. The number of methoxy groups -OCH3 is 2. The Hall–Kier alpha value is -3.55. The molecule has 8 heteroatoms. The number of rotatable bonds is 8. The second-order valence-corrected chi connectivity index (χ2v) is 6.26. The first-order chi connectivity index (χ1) is 14.2. The van der Waals surface area contributed by atoms with E-state index in [2.05, 4.69) is 31.9 Å². The summed E-state index contributed by atoms with van der Waals surface area (Å²) in [5.74, 6) is 3.01. The van der Waals surface area contributed by atoms with E-state index in [9.17, 15) is 0 Å². The standard InChI is InChI=1S/C21H26N6O2/c1-4-22-21(24-13-17-8-9-18(28-2)11-19(17)29-3)23-12-15-6-5-7-16(10-15)20-25-14-26-27-20/h5-11,14H,4,12-13H2,1-3H3,(H2,22,23,24)(H,25,26,27). The van der Waals surface area contributed by atoms with E-state index in [-0.39, 0.29) is 0 Å². The molecule has 3 aromatic rings. The summed E-state index contributed by atoms with van der Waals surface area (Å²) >= 11 is 0. The van der Waals surface area contributed by atoms with Crippen molar-refractivity contribution in [3.8, 4) is 22.9 Å². The summed E-state index contributed by atoms with van der Waals surface area (Å²) in [7, 11) is 3.29. The fourth-order valence-electron chi connectivity index (χ4n) is 2.85. The molecule has 0 unspecified atom stereocenters. The van der Waals surface area contributed by atoms with Gasteiger partial charge in [-0.15, -0.1) is 0 Å². The SMILES string of the molecule is CCNC(=NCc1cccc(-c2ncn[nH]2)c1)NCc1ccc(OC)cc1OC. The van der Waals surface area contributed by atoms with E-state index >= 15 is 0 Å². The molecular weight excluding hydrogens is 368 g/mol. The maximum Gasteiger partial charge on any atom is 0.191 e. The smallest absolute Gasteiger partial charge is 0.191 e. The van der Waals surface area contributed by atoms with E-state index in [4.69, 9.17) is 14.5 Å². The van der Waals surface area contributed by atoms with Crippen LogP contribution in [0.4, 0.5) is 0 Å². The van der Waals surface area contributed by atoms with Crippen LogP contribution in [-0.2, 0) is 13.1 Å². The van der Waals surface area contributed by atoms with Crippen LogP contribution in [0, 0.1) is 0 Å². The zero-order chi connectivity index (χ0) is 20.5. The predicted octanol–water partition coefficient (Wildman–Crippen LogP) is 2.74. The van der Waals surface area contributed by atoms with Crippen molar-refractivity contribution in [3.05, 3.63) is 59.9 Å². The number of guanidine groups is 1. The van der Waals surface area contributed by atoms with Crippen LogP contribution in [0.2, 0.25) is 0 Å². The molecule has 0 radical (unpaired) electrons. The summed E-state index contributed by atoms with van der Waals surface area (Å²) in [5.41, 5.74) is 3.08. The molecule has 0 saturated carbocycles. The van der Waals surface area contributed by atoms with E-state index < -0.39 is 0 Å². The van der Waals surface area contributed by atoms with Gasteiger partial charge in [-0.1, -0.05) is 18.2 Å². The van der Waals surface area contributed by atoms with Crippen LogP contribution in [0.15, 0.2) is 53.8 Å². The summed E-state index contributed by atoms with van der Waals surface area (Å²) in [4.78, 5) is 8.89. The number of H-pyrrole nitrogens is 1. The third-order valence-electron chi connectivity index (χ3n) is 4.32. The largest absolute Gasteiger partial charge is 0.497 e.